The van der Waals surface area contributed by atoms with Gasteiger partial charge in [-0.1, -0.05) is 0 Å². The third-order valence-corrected chi connectivity index (χ3v) is 2.62. The Morgan fingerprint density at radius 3 is 2.47 bits per heavy atom. The van der Waals surface area contributed by atoms with Crippen molar-refractivity contribution in [1.82, 2.24) is 9.13 Å². The molecule has 0 radical (unpaired) electrons. The first-order valence-corrected chi connectivity index (χ1v) is 4.62. The maximum Gasteiger partial charge on any atom is 0.227 e. The minimum atomic E-state index is 0.721. The summed E-state index contributed by atoms with van der Waals surface area (Å²) < 4.78 is 9.04. The standard InChI is InChI=1S/C10H14N4O/c1-13-8-5-4-7(15-3)6-9(8)14(2)10(13)12-11/h4-6H,11H2,1-3H3. The van der Waals surface area contributed by atoms with Crippen molar-refractivity contribution >= 4 is 11.0 Å². The Morgan fingerprint density at radius 1 is 1.20 bits per heavy atom. The van der Waals surface area contributed by atoms with E-state index < -0.39 is 0 Å². The van der Waals surface area contributed by atoms with E-state index in [9.17, 15) is 0 Å². The summed E-state index contributed by atoms with van der Waals surface area (Å²) in [7, 11) is 5.51. The molecule has 5 nitrogen and oxygen atoms in total. The van der Waals surface area contributed by atoms with Gasteiger partial charge in [0.2, 0.25) is 5.62 Å². The summed E-state index contributed by atoms with van der Waals surface area (Å²) in [5, 5.41) is 3.75. The van der Waals surface area contributed by atoms with Crippen molar-refractivity contribution in [3.8, 4) is 5.75 Å². The number of rotatable bonds is 1. The highest BCUT2D eigenvalue weighted by atomic mass is 16.5. The number of nitrogens with zero attached hydrogens (tertiary/aromatic N) is 3. The van der Waals surface area contributed by atoms with Crippen molar-refractivity contribution in [2.24, 2.45) is 25.0 Å². The fraction of sp³-hybridized carbons (Fsp3) is 0.300. The van der Waals surface area contributed by atoms with Gasteiger partial charge < -0.3 is 19.7 Å². The highest BCUT2D eigenvalue weighted by Crippen LogP contribution is 2.18. The van der Waals surface area contributed by atoms with Gasteiger partial charge in [-0.3, -0.25) is 0 Å². The maximum atomic E-state index is 5.34. The molecule has 80 valence electrons. The van der Waals surface area contributed by atoms with Crippen molar-refractivity contribution < 1.29 is 4.74 Å². The number of ether oxygens (including phenoxy) is 1. The van der Waals surface area contributed by atoms with Crippen molar-refractivity contribution in [3.63, 3.8) is 0 Å². The molecule has 0 aliphatic carbocycles. The van der Waals surface area contributed by atoms with E-state index in [4.69, 9.17) is 10.6 Å². The summed E-state index contributed by atoms with van der Waals surface area (Å²) in [5.74, 6) is 6.16. The lowest BCUT2D eigenvalue weighted by Crippen LogP contribution is -2.23. The molecule has 1 heterocycles. The van der Waals surface area contributed by atoms with Crippen molar-refractivity contribution in [2.75, 3.05) is 7.11 Å². The minimum Gasteiger partial charge on any atom is -0.497 e. The number of hydrogen-bond donors (Lipinski definition) is 1. The Balaban J connectivity index is 2.90. The molecule has 1 aromatic carbocycles. The van der Waals surface area contributed by atoms with Crippen LogP contribution in [-0.2, 0) is 14.1 Å². The first-order valence-electron chi connectivity index (χ1n) is 4.62. The average molecular weight is 206 g/mol. The third-order valence-electron chi connectivity index (χ3n) is 2.62. The van der Waals surface area contributed by atoms with Crippen molar-refractivity contribution in [1.29, 1.82) is 0 Å². The van der Waals surface area contributed by atoms with Gasteiger partial charge in [-0.25, -0.2) is 0 Å². The van der Waals surface area contributed by atoms with Crippen LogP contribution >= 0.6 is 0 Å². The summed E-state index contributed by atoms with van der Waals surface area (Å²) >= 11 is 0. The van der Waals surface area contributed by atoms with Gasteiger partial charge in [0.1, 0.15) is 5.75 Å². The molecule has 0 bridgehead atoms. The molecule has 0 amide bonds. The van der Waals surface area contributed by atoms with Crippen LogP contribution in [0, 0.1) is 0 Å². The molecule has 0 saturated carbocycles. The van der Waals surface area contributed by atoms with Crippen LogP contribution in [0.25, 0.3) is 11.0 Å². The number of nitrogens with two attached hydrogens (primary N) is 1. The van der Waals surface area contributed by atoms with E-state index in [-0.39, 0.29) is 0 Å². The lowest BCUT2D eigenvalue weighted by Gasteiger charge is -2.00. The van der Waals surface area contributed by atoms with Gasteiger partial charge in [-0.15, -0.1) is 5.10 Å². The average Bonchev–Trinajstić information content (AvgIpc) is 2.51. The molecule has 0 aliphatic heterocycles. The molecule has 0 spiro atoms. The van der Waals surface area contributed by atoms with E-state index in [1.165, 1.54) is 0 Å². The lowest BCUT2D eigenvalue weighted by atomic mass is 10.3. The molecule has 5 heteroatoms. The van der Waals surface area contributed by atoms with Crippen LogP contribution in [0.3, 0.4) is 0 Å². The second-order valence-corrected chi connectivity index (χ2v) is 3.40. The molecular formula is C10H14N4O. The third kappa shape index (κ3) is 1.27. The largest absolute Gasteiger partial charge is 0.497 e. The molecule has 15 heavy (non-hydrogen) atoms. The molecule has 2 aromatic rings. The molecule has 2 rings (SSSR count). The zero-order valence-corrected chi connectivity index (χ0v) is 9.06. The van der Waals surface area contributed by atoms with Gasteiger partial charge in [-0.2, -0.15) is 0 Å². The summed E-state index contributed by atoms with van der Waals surface area (Å²) in [4.78, 5) is 0. The Hall–Kier alpha value is -1.91. The van der Waals surface area contributed by atoms with E-state index in [1.54, 1.807) is 7.11 Å². The molecule has 0 saturated heterocycles. The number of methoxy groups -OCH3 is 1. The Kier molecular flexibility index (Phi) is 2.15. The Labute approximate surface area is 87.4 Å². The second kappa shape index (κ2) is 3.34. The normalized spacial score (nSPS) is 12.3. The second-order valence-electron chi connectivity index (χ2n) is 3.40. The predicted octanol–water partition coefficient (Wildman–Crippen LogP) is 0.300. The van der Waals surface area contributed by atoms with Gasteiger partial charge in [0.05, 0.1) is 18.1 Å². The van der Waals surface area contributed by atoms with Gasteiger partial charge in [0.15, 0.2) is 0 Å². The SMILES string of the molecule is COc1ccc2c(c1)n(C)c(=NN)n2C. The lowest BCUT2D eigenvalue weighted by molar-refractivity contribution is 0.415. The molecule has 0 unspecified atom stereocenters. The fourth-order valence-electron chi connectivity index (χ4n) is 1.80. The van der Waals surface area contributed by atoms with E-state index in [2.05, 4.69) is 5.10 Å². The number of fused-ring (bicyclic) bond motifs is 1. The predicted molar refractivity (Wildman–Crippen MR) is 58.2 cm³/mol. The van der Waals surface area contributed by atoms with Crippen molar-refractivity contribution in [3.05, 3.63) is 23.8 Å². The van der Waals surface area contributed by atoms with Crippen LogP contribution in [0.2, 0.25) is 0 Å². The number of imidazole rings is 1. The van der Waals surface area contributed by atoms with Crippen LogP contribution in [0.5, 0.6) is 5.75 Å². The highest BCUT2D eigenvalue weighted by molar-refractivity contribution is 5.77. The van der Waals surface area contributed by atoms with Crippen LogP contribution in [0.15, 0.2) is 23.3 Å². The smallest absolute Gasteiger partial charge is 0.227 e. The molecule has 0 aliphatic rings. The summed E-state index contributed by atoms with van der Waals surface area (Å²) in [6.07, 6.45) is 0. The van der Waals surface area contributed by atoms with Crippen LogP contribution in [0.1, 0.15) is 0 Å². The van der Waals surface area contributed by atoms with Crippen molar-refractivity contribution in [2.45, 2.75) is 0 Å². The van der Waals surface area contributed by atoms with E-state index in [0.717, 1.165) is 22.4 Å². The maximum absolute atomic E-state index is 5.34. The number of aryl methyl sites for hydroxylation is 2. The molecule has 0 atom stereocenters. The number of benzene rings is 1. The van der Waals surface area contributed by atoms with E-state index in [0.29, 0.717) is 0 Å². The molecule has 0 fully saturated rings. The first-order chi connectivity index (χ1) is 7.19. The zero-order valence-electron chi connectivity index (χ0n) is 9.06. The summed E-state index contributed by atoms with van der Waals surface area (Å²) in [6.45, 7) is 0. The molecule has 1 aromatic heterocycles. The molecule has 2 N–H and O–H groups in total. The zero-order chi connectivity index (χ0) is 11.0. The topological polar surface area (TPSA) is 57.5 Å². The molecular weight excluding hydrogens is 192 g/mol. The van der Waals surface area contributed by atoms with Gasteiger partial charge in [0, 0.05) is 20.2 Å². The summed E-state index contributed by atoms with van der Waals surface area (Å²) in [6, 6.07) is 5.87. The Bertz CT molecular complexity index is 565. The van der Waals surface area contributed by atoms with Crippen LogP contribution in [-0.4, -0.2) is 16.2 Å². The van der Waals surface area contributed by atoms with Gasteiger partial charge >= 0.3 is 0 Å². The van der Waals surface area contributed by atoms with Gasteiger partial charge in [0.25, 0.3) is 0 Å². The fourth-order valence-corrected chi connectivity index (χ4v) is 1.80. The van der Waals surface area contributed by atoms with Crippen LogP contribution in [0.4, 0.5) is 0 Å². The van der Waals surface area contributed by atoms with Crippen LogP contribution < -0.4 is 16.2 Å². The summed E-state index contributed by atoms with van der Waals surface area (Å²) in [5.41, 5.74) is 2.84. The van der Waals surface area contributed by atoms with Gasteiger partial charge in [-0.05, 0) is 12.1 Å². The van der Waals surface area contributed by atoms with E-state index >= 15 is 0 Å². The minimum absolute atomic E-state index is 0.721. The van der Waals surface area contributed by atoms with E-state index in [1.807, 2.05) is 41.4 Å². The monoisotopic (exact) mass is 206 g/mol. The number of hydrogen-bond acceptors (Lipinski definition) is 3. The quantitative estimate of drug-likeness (QED) is 0.539. The highest BCUT2D eigenvalue weighted by Gasteiger charge is 2.06. The Morgan fingerprint density at radius 2 is 1.87 bits per heavy atom. The first kappa shape index (κ1) is 9.64. The number of aromatic nitrogens is 2.